The summed E-state index contributed by atoms with van der Waals surface area (Å²) in [5.74, 6) is 0. The Morgan fingerprint density at radius 3 is 0.884 bits per heavy atom. The van der Waals surface area contributed by atoms with Crippen molar-refractivity contribution in [3.05, 3.63) is 70.8 Å². The summed E-state index contributed by atoms with van der Waals surface area (Å²) >= 11 is 0. The molecular formula is C38H56Cl2P2Ti. The molecule has 4 rings (SSSR count). The molecule has 0 aliphatic heterocycles. The van der Waals surface area contributed by atoms with Crippen LogP contribution in [0.5, 0.6) is 0 Å². The minimum Gasteiger partial charge on any atom is -1.00 e. The smallest absolute Gasteiger partial charge is 1.00 e. The van der Waals surface area contributed by atoms with Crippen LogP contribution >= 0.6 is 15.8 Å². The molecule has 0 aromatic heterocycles. The van der Waals surface area contributed by atoms with Crippen LogP contribution in [0.25, 0.3) is 21.5 Å². The molecule has 0 heterocycles. The zero-order chi connectivity index (χ0) is 30.6. The molecule has 0 spiro atoms. The van der Waals surface area contributed by atoms with Crippen molar-refractivity contribution in [2.24, 2.45) is 0 Å². The van der Waals surface area contributed by atoms with E-state index in [0.717, 1.165) is 0 Å². The summed E-state index contributed by atoms with van der Waals surface area (Å²) in [4.78, 5) is 0. The maximum absolute atomic E-state index is 2.46. The van der Waals surface area contributed by atoms with Crippen LogP contribution in [0.4, 0.5) is 0 Å². The van der Waals surface area contributed by atoms with Crippen molar-refractivity contribution in [1.29, 1.82) is 0 Å². The van der Waals surface area contributed by atoms with Gasteiger partial charge in [0.15, 0.2) is 0 Å². The number of benzene rings is 2. The number of rotatable bonds is 2. The Bertz CT molecular complexity index is 1260. The second kappa shape index (κ2) is 15.1. The first-order valence-electron chi connectivity index (χ1n) is 15.0. The van der Waals surface area contributed by atoms with E-state index >= 15 is 0 Å². The van der Waals surface area contributed by atoms with Crippen molar-refractivity contribution < 1.29 is 46.5 Å². The van der Waals surface area contributed by atoms with Gasteiger partial charge in [-0.25, -0.2) is 0 Å². The average Bonchev–Trinajstić information content (AvgIpc) is 3.36. The van der Waals surface area contributed by atoms with E-state index in [-0.39, 0.29) is 62.4 Å². The number of fused-ring (bicyclic) bond motifs is 2. The summed E-state index contributed by atoms with van der Waals surface area (Å²) in [5.41, 5.74) is 5.59. The van der Waals surface area contributed by atoms with Gasteiger partial charge in [0.1, 0.15) is 0 Å². The van der Waals surface area contributed by atoms with E-state index in [1.54, 1.807) is 10.6 Å². The Morgan fingerprint density at radius 2 is 0.674 bits per heavy atom. The molecule has 0 radical (unpaired) electrons. The monoisotopic (exact) mass is 692 g/mol. The maximum Gasteiger partial charge on any atom is 4.00 e. The summed E-state index contributed by atoms with van der Waals surface area (Å²) in [6.07, 6.45) is 0. The van der Waals surface area contributed by atoms with Crippen LogP contribution in [-0.2, 0) is 21.7 Å². The van der Waals surface area contributed by atoms with Crippen molar-refractivity contribution in [3.8, 4) is 0 Å². The van der Waals surface area contributed by atoms with E-state index in [4.69, 9.17) is 0 Å². The van der Waals surface area contributed by atoms with Gasteiger partial charge in [-0.15, -0.1) is 67.5 Å². The average molecular weight is 694 g/mol. The summed E-state index contributed by atoms with van der Waals surface area (Å²) in [6, 6.07) is 18.8. The largest absolute Gasteiger partial charge is 4.00 e. The standard InChI is InChI=1S/2C19H28P.2ClH.Ti/c2*1-13-9-10-14(2)17-12-15(11-16(13)17)20(18(3,4)5)19(6,7)8;;;/h2*9-12H,1-8H3;2*1H;/q2*-1;;;+4/p-2. The summed E-state index contributed by atoms with van der Waals surface area (Å²) < 4.78 is 0. The van der Waals surface area contributed by atoms with Crippen molar-refractivity contribution in [3.63, 3.8) is 0 Å². The molecule has 0 bridgehead atoms. The second-order valence-corrected chi connectivity index (χ2v) is 23.6. The molecule has 0 saturated carbocycles. The third-order valence-corrected chi connectivity index (χ3v) is 14.7. The second-order valence-electron chi connectivity index (χ2n) is 15.8. The number of halogens is 2. The van der Waals surface area contributed by atoms with Gasteiger partial charge in [-0.2, -0.15) is 12.1 Å². The molecule has 5 heteroatoms. The van der Waals surface area contributed by atoms with Gasteiger partial charge in [0.25, 0.3) is 0 Å². The fourth-order valence-electron chi connectivity index (χ4n) is 6.97. The molecule has 43 heavy (non-hydrogen) atoms. The van der Waals surface area contributed by atoms with Crippen molar-refractivity contribution >= 4 is 48.0 Å². The SMILES string of the molecule is Cc1ccc(C)c2[cH-]c(P(C(C)(C)C)C(C)(C)C)cc12.Cc1ccc(C)c2[cH-]c(P(C(C)(C)C)C(C)(C)C)cc12.[Cl-].[Cl-].[Ti+4]. The zero-order valence-electron chi connectivity index (χ0n) is 29.8. The van der Waals surface area contributed by atoms with Crippen LogP contribution in [0, 0.1) is 27.7 Å². The molecule has 4 aromatic carbocycles. The first-order chi connectivity index (χ1) is 18.0. The van der Waals surface area contributed by atoms with Crippen molar-refractivity contribution in [2.45, 2.75) is 131 Å². The summed E-state index contributed by atoms with van der Waals surface area (Å²) in [5, 5.41) is 10.2. The molecule has 0 atom stereocenters. The molecule has 0 fully saturated rings. The predicted molar refractivity (Wildman–Crippen MR) is 190 cm³/mol. The molecule has 0 amide bonds. The van der Waals surface area contributed by atoms with Crippen molar-refractivity contribution in [2.75, 3.05) is 0 Å². The minimum atomic E-state index is -0.209. The first kappa shape index (κ1) is 42.8. The molecule has 0 unspecified atom stereocenters. The van der Waals surface area contributed by atoms with Crippen LogP contribution in [0.15, 0.2) is 48.5 Å². The van der Waals surface area contributed by atoms with Gasteiger partial charge in [0.05, 0.1) is 0 Å². The third kappa shape index (κ3) is 9.90. The van der Waals surface area contributed by atoms with Gasteiger partial charge < -0.3 is 24.8 Å². The summed E-state index contributed by atoms with van der Waals surface area (Å²) in [6.45, 7) is 37.6. The molecule has 0 saturated heterocycles. The van der Waals surface area contributed by atoms with Crippen LogP contribution in [0.2, 0.25) is 0 Å². The normalized spacial score (nSPS) is 12.5. The Kier molecular flexibility index (Phi) is 15.1. The van der Waals surface area contributed by atoms with Crippen LogP contribution in [0.1, 0.15) is 105 Å². The van der Waals surface area contributed by atoms with Crippen LogP contribution in [0.3, 0.4) is 0 Å². The van der Waals surface area contributed by atoms with Gasteiger partial charge in [0, 0.05) is 0 Å². The van der Waals surface area contributed by atoms with E-state index in [0.29, 0.717) is 20.6 Å². The zero-order valence-corrected chi connectivity index (χ0v) is 34.6. The predicted octanol–water partition coefficient (Wildman–Crippen LogP) is 5.76. The molecule has 0 aliphatic rings. The van der Waals surface area contributed by atoms with Crippen molar-refractivity contribution in [1.82, 2.24) is 0 Å². The van der Waals surface area contributed by atoms with Gasteiger partial charge in [0.2, 0.25) is 0 Å². The van der Waals surface area contributed by atoms with Gasteiger partial charge in [-0.3, -0.25) is 0 Å². The fraction of sp³-hybridized carbons (Fsp3) is 0.526. The Balaban J connectivity index is 0.000000767. The van der Waals surface area contributed by atoms with Gasteiger partial charge in [-0.1, -0.05) is 136 Å². The topological polar surface area (TPSA) is 0 Å². The molecule has 0 nitrogen and oxygen atoms in total. The maximum atomic E-state index is 2.46. The number of hydrogen-bond acceptors (Lipinski definition) is 0. The van der Waals surface area contributed by atoms with E-state index in [9.17, 15) is 0 Å². The Morgan fingerprint density at radius 1 is 0.442 bits per heavy atom. The summed E-state index contributed by atoms with van der Waals surface area (Å²) in [7, 11) is -0.419. The molecule has 4 aromatic rings. The quantitative estimate of drug-likeness (QED) is 0.142. The Labute approximate surface area is 294 Å². The van der Waals surface area contributed by atoms with Gasteiger partial charge in [-0.05, 0) is 34.5 Å². The van der Waals surface area contributed by atoms with E-state index in [1.807, 2.05) is 0 Å². The first-order valence-corrected chi connectivity index (χ1v) is 17.7. The molecule has 236 valence electrons. The third-order valence-electron chi connectivity index (χ3n) is 7.81. The van der Waals surface area contributed by atoms with Crippen LogP contribution in [-0.4, -0.2) is 20.6 Å². The molecular weight excluding hydrogens is 637 g/mol. The number of hydrogen-bond donors (Lipinski definition) is 0. The number of aryl methyl sites for hydroxylation is 4. The van der Waals surface area contributed by atoms with E-state index in [2.05, 4.69) is 159 Å². The molecule has 0 aliphatic carbocycles. The fourth-order valence-corrected chi connectivity index (χ4v) is 15.1. The van der Waals surface area contributed by atoms with Gasteiger partial charge >= 0.3 is 21.7 Å². The van der Waals surface area contributed by atoms with E-state index in [1.165, 1.54) is 43.8 Å². The minimum absolute atomic E-state index is 0. The van der Waals surface area contributed by atoms with E-state index < -0.39 is 0 Å². The Hall–Kier alpha value is -0.186. The van der Waals surface area contributed by atoms with Crippen LogP contribution < -0.4 is 35.4 Å². The molecule has 0 N–H and O–H groups in total.